The van der Waals surface area contributed by atoms with Gasteiger partial charge in [0.05, 0.1) is 11.9 Å². The zero-order valence-corrected chi connectivity index (χ0v) is 12.1. The second-order valence-corrected chi connectivity index (χ2v) is 7.23. The van der Waals surface area contributed by atoms with Crippen LogP contribution in [0.1, 0.15) is 31.2 Å². The Kier molecular flexibility index (Phi) is 5.12. The minimum Gasteiger partial charge on any atom is -0.393 e. The average molecular weight is 301 g/mol. The highest BCUT2D eigenvalue weighted by Gasteiger charge is 2.22. The Balaban J connectivity index is 1.87. The van der Waals surface area contributed by atoms with Gasteiger partial charge in [-0.05, 0) is 42.9 Å². The van der Waals surface area contributed by atoms with Gasteiger partial charge >= 0.3 is 0 Å². The molecular weight excluding hydrogens is 281 g/mol. The molecule has 0 radical (unpaired) electrons. The standard InChI is InChI=1S/C14H20FNO3S/c15-13-5-1-4-12(7-13)10-20(18,19)16-9-11-3-2-6-14(17)8-11/h1,4-5,7,11,14,16-17H,2-3,6,8-10H2. The first-order valence-electron chi connectivity index (χ1n) is 6.84. The molecule has 2 N–H and O–H groups in total. The maximum absolute atomic E-state index is 13.0. The molecule has 112 valence electrons. The number of nitrogens with one attached hydrogen (secondary N) is 1. The second-order valence-electron chi connectivity index (χ2n) is 5.42. The summed E-state index contributed by atoms with van der Waals surface area (Å²) >= 11 is 0. The van der Waals surface area contributed by atoms with E-state index < -0.39 is 15.8 Å². The van der Waals surface area contributed by atoms with Crippen LogP contribution in [-0.2, 0) is 15.8 Å². The largest absolute Gasteiger partial charge is 0.393 e. The number of sulfonamides is 1. The van der Waals surface area contributed by atoms with Crippen LogP contribution in [0.3, 0.4) is 0 Å². The van der Waals surface area contributed by atoms with Gasteiger partial charge in [0, 0.05) is 6.54 Å². The van der Waals surface area contributed by atoms with Crippen LogP contribution in [0, 0.1) is 11.7 Å². The number of hydrogen-bond donors (Lipinski definition) is 2. The van der Waals surface area contributed by atoms with Gasteiger partial charge < -0.3 is 5.11 Å². The van der Waals surface area contributed by atoms with E-state index in [9.17, 15) is 17.9 Å². The van der Waals surface area contributed by atoms with Gasteiger partial charge in [-0.15, -0.1) is 0 Å². The normalized spacial score (nSPS) is 23.7. The van der Waals surface area contributed by atoms with E-state index in [2.05, 4.69) is 4.72 Å². The van der Waals surface area contributed by atoms with Crippen LogP contribution >= 0.6 is 0 Å². The number of hydrogen-bond acceptors (Lipinski definition) is 3. The molecule has 4 nitrogen and oxygen atoms in total. The summed E-state index contributed by atoms with van der Waals surface area (Å²) < 4.78 is 39.5. The third kappa shape index (κ3) is 4.85. The Hall–Kier alpha value is -0.980. The summed E-state index contributed by atoms with van der Waals surface area (Å²) in [7, 11) is -3.47. The fourth-order valence-electron chi connectivity index (χ4n) is 2.59. The molecule has 0 bridgehead atoms. The van der Waals surface area contributed by atoms with E-state index in [0.29, 0.717) is 18.5 Å². The molecule has 0 saturated heterocycles. The van der Waals surface area contributed by atoms with E-state index in [0.717, 1.165) is 19.3 Å². The summed E-state index contributed by atoms with van der Waals surface area (Å²) in [6, 6.07) is 5.60. The van der Waals surface area contributed by atoms with Crippen molar-refractivity contribution in [3.8, 4) is 0 Å². The van der Waals surface area contributed by atoms with Crippen molar-refractivity contribution in [3.05, 3.63) is 35.6 Å². The number of halogens is 1. The lowest BCUT2D eigenvalue weighted by molar-refractivity contribution is 0.102. The molecule has 0 heterocycles. The van der Waals surface area contributed by atoms with Crippen molar-refractivity contribution in [3.63, 3.8) is 0 Å². The van der Waals surface area contributed by atoms with Gasteiger partial charge in [-0.25, -0.2) is 17.5 Å². The summed E-state index contributed by atoms with van der Waals surface area (Å²) in [5, 5.41) is 9.56. The second kappa shape index (κ2) is 6.65. The number of benzene rings is 1. The molecule has 6 heteroatoms. The van der Waals surface area contributed by atoms with Crippen LogP contribution in [0.15, 0.2) is 24.3 Å². The fraction of sp³-hybridized carbons (Fsp3) is 0.571. The summed E-state index contributed by atoms with van der Waals surface area (Å²) in [5.41, 5.74) is 0.432. The maximum Gasteiger partial charge on any atom is 0.215 e. The fourth-order valence-corrected chi connectivity index (χ4v) is 3.80. The van der Waals surface area contributed by atoms with Crippen molar-refractivity contribution >= 4 is 10.0 Å². The molecule has 0 amide bonds. The van der Waals surface area contributed by atoms with Gasteiger partial charge in [0.1, 0.15) is 5.82 Å². The topological polar surface area (TPSA) is 66.4 Å². The van der Waals surface area contributed by atoms with Crippen LogP contribution < -0.4 is 4.72 Å². The molecular formula is C14H20FNO3S. The molecule has 1 aromatic carbocycles. The Bertz CT molecular complexity index is 547. The van der Waals surface area contributed by atoms with Gasteiger partial charge in [-0.2, -0.15) is 0 Å². The monoisotopic (exact) mass is 301 g/mol. The SMILES string of the molecule is O=S(=O)(Cc1cccc(F)c1)NCC1CCCC(O)C1. The van der Waals surface area contributed by atoms with Crippen molar-refractivity contribution in [1.29, 1.82) is 0 Å². The lowest BCUT2D eigenvalue weighted by Crippen LogP contribution is -2.33. The molecule has 20 heavy (non-hydrogen) atoms. The molecule has 2 rings (SSSR count). The predicted molar refractivity (Wildman–Crippen MR) is 75.0 cm³/mol. The first-order chi connectivity index (χ1) is 9.44. The lowest BCUT2D eigenvalue weighted by atomic mass is 9.87. The van der Waals surface area contributed by atoms with E-state index in [1.165, 1.54) is 18.2 Å². The lowest BCUT2D eigenvalue weighted by Gasteiger charge is -2.25. The molecule has 0 spiro atoms. The van der Waals surface area contributed by atoms with Gasteiger partial charge in [0.15, 0.2) is 0 Å². The van der Waals surface area contributed by atoms with Gasteiger partial charge in [0.25, 0.3) is 0 Å². The van der Waals surface area contributed by atoms with E-state index in [4.69, 9.17) is 0 Å². The molecule has 0 aromatic heterocycles. The van der Waals surface area contributed by atoms with Crippen molar-refractivity contribution in [2.24, 2.45) is 5.92 Å². The van der Waals surface area contributed by atoms with Crippen molar-refractivity contribution in [2.45, 2.75) is 37.5 Å². The summed E-state index contributed by atoms with van der Waals surface area (Å²) in [6.07, 6.45) is 2.98. The quantitative estimate of drug-likeness (QED) is 0.871. The van der Waals surface area contributed by atoms with Crippen LogP contribution in [0.4, 0.5) is 4.39 Å². The molecule has 1 saturated carbocycles. The molecule has 0 aliphatic heterocycles. The molecule has 2 unspecified atom stereocenters. The van der Waals surface area contributed by atoms with Crippen LogP contribution in [0.2, 0.25) is 0 Å². The van der Waals surface area contributed by atoms with Gasteiger partial charge in [-0.1, -0.05) is 18.6 Å². The maximum atomic E-state index is 13.0. The molecule has 2 atom stereocenters. The highest BCUT2D eigenvalue weighted by atomic mass is 32.2. The van der Waals surface area contributed by atoms with Crippen molar-refractivity contribution in [2.75, 3.05) is 6.54 Å². The average Bonchev–Trinajstić information content (AvgIpc) is 2.36. The highest BCUT2D eigenvalue weighted by molar-refractivity contribution is 7.88. The van der Waals surface area contributed by atoms with Crippen molar-refractivity contribution < 1.29 is 17.9 Å². The smallest absolute Gasteiger partial charge is 0.215 e. The van der Waals surface area contributed by atoms with Crippen LogP contribution in [0.25, 0.3) is 0 Å². The van der Waals surface area contributed by atoms with Crippen LogP contribution in [-0.4, -0.2) is 26.2 Å². The van der Waals surface area contributed by atoms with E-state index in [-0.39, 0.29) is 17.8 Å². The first kappa shape index (κ1) is 15.4. The van der Waals surface area contributed by atoms with Crippen molar-refractivity contribution in [1.82, 2.24) is 4.72 Å². The number of rotatable bonds is 5. The van der Waals surface area contributed by atoms with Gasteiger partial charge in [0.2, 0.25) is 10.0 Å². The molecule has 1 aliphatic carbocycles. The van der Waals surface area contributed by atoms with Crippen LogP contribution in [0.5, 0.6) is 0 Å². The minimum absolute atomic E-state index is 0.182. The number of aliphatic hydroxyl groups excluding tert-OH is 1. The number of aliphatic hydroxyl groups is 1. The van der Waals surface area contributed by atoms with E-state index in [1.54, 1.807) is 6.07 Å². The Morgan fingerprint density at radius 3 is 2.85 bits per heavy atom. The zero-order chi connectivity index (χ0) is 14.6. The summed E-state index contributed by atoms with van der Waals surface area (Å²) in [4.78, 5) is 0. The third-order valence-corrected chi connectivity index (χ3v) is 4.91. The summed E-state index contributed by atoms with van der Waals surface area (Å²) in [5.74, 6) is -0.478. The molecule has 1 aliphatic rings. The zero-order valence-electron chi connectivity index (χ0n) is 11.3. The Labute approximate surface area is 119 Å². The summed E-state index contributed by atoms with van der Waals surface area (Å²) in [6.45, 7) is 0.342. The first-order valence-corrected chi connectivity index (χ1v) is 8.50. The molecule has 1 aromatic rings. The minimum atomic E-state index is -3.47. The van der Waals surface area contributed by atoms with Gasteiger partial charge in [-0.3, -0.25) is 0 Å². The van der Waals surface area contributed by atoms with E-state index in [1.807, 2.05) is 0 Å². The third-order valence-electron chi connectivity index (χ3n) is 3.59. The van der Waals surface area contributed by atoms with E-state index >= 15 is 0 Å². The molecule has 1 fully saturated rings. The highest BCUT2D eigenvalue weighted by Crippen LogP contribution is 2.23. The Morgan fingerprint density at radius 1 is 1.35 bits per heavy atom. The predicted octanol–water partition coefficient (Wildman–Crippen LogP) is 1.80. The Morgan fingerprint density at radius 2 is 2.15 bits per heavy atom.